The molecule has 38 heavy (non-hydrogen) atoms. The number of amides is 1. The standard InChI is InChI=1S/C27H32F3NO7/c1-36-20-8-5-7-19(16-20)26(35,27(28,29)30)25(34)31-13-11-18(12-14-31)6-3-4-15-38-21-9-10-22(24(32)33)23(17-21)37-2/h5,7-10,16-18,35H,3-4,6,11-15H2,1-2H3,(H,32,33)/t26-/m0/s1. The van der Waals surface area contributed by atoms with Gasteiger partial charge in [0.1, 0.15) is 22.8 Å². The van der Waals surface area contributed by atoms with Crippen molar-refractivity contribution in [3.8, 4) is 17.2 Å². The van der Waals surface area contributed by atoms with Crippen LogP contribution in [0, 0.1) is 5.92 Å². The fraction of sp³-hybridized carbons (Fsp3) is 0.481. The van der Waals surface area contributed by atoms with Crippen LogP contribution < -0.4 is 14.2 Å². The maximum absolute atomic E-state index is 14.0. The number of hydrogen-bond donors (Lipinski definition) is 2. The van der Waals surface area contributed by atoms with Gasteiger partial charge in [0.05, 0.1) is 20.8 Å². The van der Waals surface area contributed by atoms with Gasteiger partial charge in [0, 0.05) is 24.7 Å². The Hall–Kier alpha value is -3.47. The number of carboxylic acid groups (broad SMARTS) is 1. The average molecular weight is 540 g/mol. The number of hydrogen-bond acceptors (Lipinski definition) is 6. The van der Waals surface area contributed by atoms with Crippen LogP contribution in [0.15, 0.2) is 42.5 Å². The average Bonchev–Trinajstić information content (AvgIpc) is 2.91. The maximum Gasteiger partial charge on any atom is 0.430 e. The first-order chi connectivity index (χ1) is 18.0. The second-order valence-electron chi connectivity index (χ2n) is 9.19. The molecule has 8 nitrogen and oxygen atoms in total. The molecule has 0 unspecified atom stereocenters. The third-order valence-corrected chi connectivity index (χ3v) is 6.79. The van der Waals surface area contributed by atoms with Gasteiger partial charge < -0.3 is 29.3 Å². The third kappa shape index (κ3) is 6.50. The number of benzene rings is 2. The van der Waals surface area contributed by atoms with Crippen molar-refractivity contribution in [2.45, 2.75) is 43.9 Å². The molecule has 1 aliphatic rings. The molecule has 0 bridgehead atoms. The number of carbonyl (C=O) groups is 2. The molecule has 11 heteroatoms. The van der Waals surface area contributed by atoms with Crippen molar-refractivity contribution in [3.63, 3.8) is 0 Å². The van der Waals surface area contributed by atoms with Crippen LogP contribution in [-0.4, -0.2) is 67.1 Å². The lowest BCUT2D eigenvalue weighted by atomic mass is 9.87. The van der Waals surface area contributed by atoms with Gasteiger partial charge in [0.2, 0.25) is 0 Å². The summed E-state index contributed by atoms with van der Waals surface area (Å²) >= 11 is 0. The van der Waals surface area contributed by atoms with Crippen molar-refractivity contribution in [1.29, 1.82) is 0 Å². The minimum atomic E-state index is -5.20. The summed E-state index contributed by atoms with van der Waals surface area (Å²) in [7, 11) is 2.67. The molecule has 1 aliphatic heterocycles. The first-order valence-electron chi connectivity index (χ1n) is 12.3. The predicted octanol–water partition coefficient (Wildman–Crippen LogP) is 4.64. The van der Waals surface area contributed by atoms with Crippen LogP contribution in [0.4, 0.5) is 13.2 Å². The quantitative estimate of drug-likeness (QED) is 0.401. The Morgan fingerprint density at radius 2 is 1.71 bits per heavy atom. The molecule has 2 N–H and O–H groups in total. The van der Waals surface area contributed by atoms with Crippen LogP contribution in [0.25, 0.3) is 0 Å². The minimum absolute atomic E-state index is 0.0434. The van der Waals surface area contributed by atoms with Crippen LogP contribution in [0.1, 0.15) is 48.0 Å². The van der Waals surface area contributed by atoms with E-state index in [-0.39, 0.29) is 36.1 Å². The summed E-state index contributed by atoms with van der Waals surface area (Å²) in [6, 6.07) is 9.33. The molecule has 1 heterocycles. The molecule has 1 fully saturated rings. The van der Waals surface area contributed by atoms with Crippen LogP contribution in [0.3, 0.4) is 0 Å². The molecule has 0 saturated carbocycles. The number of methoxy groups -OCH3 is 2. The lowest BCUT2D eigenvalue weighted by Gasteiger charge is -2.38. The van der Waals surface area contributed by atoms with E-state index in [1.807, 2.05) is 0 Å². The van der Waals surface area contributed by atoms with Crippen LogP contribution in [0.5, 0.6) is 17.2 Å². The molecule has 208 valence electrons. The Bertz CT molecular complexity index is 1120. The summed E-state index contributed by atoms with van der Waals surface area (Å²) in [6.45, 7) is 0.655. The third-order valence-electron chi connectivity index (χ3n) is 6.79. The van der Waals surface area contributed by atoms with E-state index in [1.165, 1.54) is 38.5 Å². The van der Waals surface area contributed by atoms with E-state index in [4.69, 9.17) is 19.3 Å². The van der Waals surface area contributed by atoms with Crippen molar-refractivity contribution in [2.75, 3.05) is 33.9 Å². The van der Waals surface area contributed by atoms with Gasteiger partial charge in [0.15, 0.2) is 0 Å². The van der Waals surface area contributed by atoms with E-state index in [0.717, 1.165) is 36.3 Å². The topological polar surface area (TPSA) is 106 Å². The Balaban J connectivity index is 1.49. The lowest BCUT2D eigenvalue weighted by Crippen LogP contribution is -2.57. The number of carboxylic acids is 1. The Morgan fingerprint density at radius 1 is 1.00 bits per heavy atom. The maximum atomic E-state index is 14.0. The highest BCUT2D eigenvalue weighted by Gasteiger charge is 2.62. The minimum Gasteiger partial charge on any atom is -0.497 e. The van der Waals surface area contributed by atoms with E-state index in [9.17, 15) is 27.9 Å². The number of ether oxygens (including phenoxy) is 3. The molecule has 1 saturated heterocycles. The highest BCUT2D eigenvalue weighted by Crippen LogP contribution is 2.42. The van der Waals surface area contributed by atoms with E-state index in [0.29, 0.717) is 25.2 Å². The molecule has 0 aromatic heterocycles. The van der Waals surface area contributed by atoms with Gasteiger partial charge in [-0.1, -0.05) is 18.6 Å². The molecule has 1 atom stereocenters. The van der Waals surface area contributed by atoms with Crippen LogP contribution in [-0.2, 0) is 10.4 Å². The number of nitrogens with zero attached hydrogens (tertiary/aromatic N) is 1. The zero-order chi connectivity index (χ0) is 27.9. The van der Waals surface area contributed by atoms with Gasteiger partial charge in [-0.25, -0.2) is 4.79 Å². The second kappa shape index (κ2) is 12.4. The monoisotopic (exact) mass is 539 g/mol. The number of aliphatic hydroxyl groups is 1. The summed E-state index contributed by atoms with van der Waals surface area (Å²) < 4.78 is 57.7. The van der Waals surface area contributed by atoms with Gasteiger partial charge in [-0.15, -0.1) is 0 Å². The van der Waals surface area contributed by atoms with E-state index in [1.54, 1.807) is 6.07 Å². The largest absolute Gasteiger partial charge is 0.497 e. The second-order valence-corrected chi connectivity index (χ2v) is 9.19. The number of alkyl halides is 3. The van der Waals surface area contributed by atoms with Crippen molar-refractivity contribution in [2.24, 2.45) is 5.92 Å². The zero-order valence-electron chi connectivity index (χ0n) is 21.3. The van der Waals surface area contributed by atoms with E-state index < -0.39 is 29.2 Å². The smallest absolute Gasteiger partial charge is 0.430 e. The fourth-order valence-corrected chi connectivity index (χ4v) is 4.57. The number of halogens is 3. The van der Waals surface area contributed by atoms with Crippen molar-refractivity contribution in [3.05, 3.63) is 53.6 Å². The molecular weight excluding hydrogens is 507 g/mol. The Labute approximate surface area is 218 Å². The molecule has 2 aromatic rings. The van der Waals surface area contributed by atoms with Gasteiger partial charge in [-0.2, -0.15) is 13.2 Å². The van der Waals surface area contributed by atoms with Gasteiger partial charge in [0.25, 0.3) is 11.5 Å². The van der Waals surface area contributed by atoms with Gasteiger partial charge >= 0.3 is 12.1 Å². The van der Waals surface area contributed by atoms with Crippen LogP contribution in [0.2, 0.25) is 0 Å². The SMILES string of the molecule is COc1cccc([C@](O)(C(=O)N2CCC(CCCCOc3ccc(C(=O)O)c(OC)c3)CC2)C(F)(F)F)c1. The fourth-order valence-electron chi connectivity index (χ4n) is 4.57. The number of likely N-dealkylation sites (tertiary alicyclic amines) is 1. The number of carbonyl (C=O) groups excluding carboxylic acids is 1. The molecule has 0 aliphatic carbocycles. The Kier molecular flexibility index (Phi) is 9.48. The molecule has 2 aromatic carbocycles. The summed E-state index contributed by atoms with van der Waals surface area (Å²) in [6.07, 6.45) is -1.76. The predicted molar refractivity (Wildman–Crippen MR) is 132 cm³/mol. The summed E-state index contributed by atoms with van der Waals surface area (Å²) in [4.78, 5) is 25.2. The normalized spacial score (nSPS) is 16.0. The number of aromatic carboxylic acids is 1. The summed E-state index contributed by atoms with van der Waals surface area (Å²) in [5.74, 6) is -1.42. The van der Waals surface area contributed by atoms with E-state index >= 15 is 0 Å². The van der Waals surface area contributed by atoms with Crippen LogP contribution >= 0.6 is 0 Å². The van der Waals surface area contributed by atoms with Crippen molar-refractivity contribution in [1.82, 2.24) is 4.90 Å². The lowest BCUT2D eigenvalue weighted by molar-refractivity contribution is -0.262. The highest BCUT2D eigenvalue weighted by molar-refractivity contribution is 5.91. The molecule has 0 spiro atoms. The number of rotatable bonds is 11. The zero-order valence-corrected chi connectivity index (χ0v) is 21.3. The van der Waals surface area contributed by atoms with Gasteiger partial charge in [-0.3, -0.25) is 4.79 Å². The highest BCUT2D eigenvalue weighted by atomic mass is 19.4. The number of piperidine rings is 1. The van der Waals surface area contributed by atoms with E-state index in [2.05, 4.69) is 0 Å². The molecule has 1 amide bonds. The van der Waals surface area contributed by atoms with Crippen molar-refractivity contribution < 1.29 is 47.2 Å². The molecular formula is C27H32F3NO7. The van der Waals surface area contributed by atoms with Crippen molar-refractivity contribution >= 4 is 11.9 Å². The van der Waals surface area contributed by atoms with Gasteiger partial charge in [-0.05, 0) is 55.9 Å². The summed E-state index contributed by atoms with van der Waals surface area (Å²) in [5, 5.41) is 19.8. The first kappa shape index (κ1) is 29.1. The number of unbranched alkanes of at least 4 members (excludes halogenated alkanes) is 1. The molecule has 0 radical (unpaired) electrons. The molecule has 3 rings (SSSR count). The first-order valence-corrected chi connectivity index (χ1v) is 12.3. The summed E-state index contributed by atoms with van der Waals surface area (Å²) in [5.41, 5.74) is -4.19. The Morgan fingerprint density at radius 3 is 2.32 bits per heavy atom.